The molecule has 0 saturated carbocycles. The molecular formula is C20H21ClN2O5S. The van der Waals surface area contributed by atoms with Crippen LogP contribution in [0.1, 0.15) is 0 Å². The lowest BCUT2D eigenvalue weighted by Gasteiger charge is -2.09. The van der Waals surface area contributed by atoms with Crippen molar-refractivity contribution in [2.24, 2.45) is 4.99 Å². The Morgan fingerprint density at radius 1 is 1.10 bits per heavy atom. The summed E-state index contributed by atoms with van der Waals surface area (Å²) in [7, 11) is 4.79. The highest BCUT2D eigenvalue weighted by Crippen LogP contribution is 2.33. The molecular weight excluding hydrogens is 416 g/mol. The number of carbonyl (C=O) groups is 1. The minimum absolute atomic E-state index is 0.174. The van der Waals surface area contributed by atoms with Gasteiger partial charge in [0, 0.05) is 30.8 Å². The van der Waals surface area contributed by atoms with Crippen molar-refractivity contribution >= 4 is 39.1 Å². The number of nitrogens with zero attached hydrogens (tertiary/aromatic N) is 2. The maximum atomic E-state index is 12.4. The molecule has 29 heavy (non-hydrogen) atoms. The van der Waals surface area contributed by atoms with Crippen molar-refractivity contribution < 1.29 is 23.7 Å². The molecule has 1 heterocycles. The second-order valence-corrected chi connectivity index (χ2v) is 7.40. The Labute approximate surface area is 177 Å². The number of rotatable bonds is 8. The number of benzene rings is 2. The molecule has 0 saturated heterocycles. The fourth-order valence-electron chi connectivity index (χ4n) is 2.70. The Bertz CT molecular complexity index is 1060. The highest BCUT2D eigenvalue weighted by molar-refractivity contribution is 7.16. The van der Waals surface area contributed by atoms with E-state index in [1.54, 1.807) is 45.6 Å². The van der Waals surface area contributed by atoms with Gasteiger partial charge in [0.05, 0.1) is 31.0 Å². The van der Waals surface area contributed by atoms with Crippen molar-refractivity contribution in [1.29, 1.82) is 0 Å². The number of hydrogen-bond acceptors (Lipinski definition) is 6. The second kappa shape index (κ2) is 9.78. The predicted molar refractivity (Wildman–Crippen MR) is 112 cm³/mol. The van der Waals surface area contributed by atoms with Gasteiger partial charge in [0.1, 0.15) is 5.75 Å². The second-order valence-electron chi connectivity index (χ2n) is 5.95. The summed E-state index contributed by atoms with van der Waals surface area (Å²) in [5.74, 6) is 1.38. The quantitative estimate of drug-likeness (QED) is 0.540. The van der Waals surface area contributed by atoms with Gasteiger partial charge in [-0.25, -0.2) is 0 Å². The topological polar surface area (TPSA) is 71.3 Å². The number of thiazole rings is 1. The molecule has 0 aliphatic carbocycles. The molecule has 0 radical (unpaired) electrons. The summed E-state index contributed by atoms with van der Waals surface area (Å²) in [4.78, 5) is 17.2. The van der Waals surface area contributed by atoms with Gasteiger partial charge in [-0.2, -0.15) is 4.99 Å². The lowest BCUT2D eigenvalue weighted by Crippen LogP contribution is -2.21. The Morgan fingerprint density at radius 2 is 1.79 bits per heavy atom. The maximum absolute atomic E-state index is 12.4. The van der Waals surface area contributed by atoms with E-state index in [0.29, 0.717) is 40.2 Å². The molecule has 2 aromatic carbocycles. The van der Waals surface area contributed by atoms with E-state index >= 15 is 0 Å². The molecule has 1 amide bonds. The molecule has 3 rings (SSSR count). The van der Waals surface area contributed by atoms with Crippen molar-refractivity contribution in [3.8, 4) is 17.2 Å². The van der Waals surface area contributed by atoms with Crippen LogP contribution in [-0.2, 0) is 16.1 Å². The summed E-state index contributed by atoms with van der Waals surface area (Å²) in [6.07, 6.45) is 0. The van der Waals surface area contributed by atoms with Crippen molar-refractivity contribution in [3.05, 3.63) is 46.2 Å². The Hall–Kier alpha value is -2.55. The van der Waals surface area contributed by atoms with Crippen LogP contribution in [0.15, 0.2) is 41.4 Å². The summed E-state index contributed by atoms with van der Waals surface area (Å²) in [6, 6.07) is 10.5. The van der Waals surface area contributed by atoms with Crippen LogP contribution in [0.25, 0.3) is 10.2 Å². The highest BCUT2D eigenvalue weighted by atomic mass is 35.5. The van der Waals surface area contributed by atoms with E-state index in [-0.39, 0.29) is 6.61 Å². The average Bonchev–Trinajstić information content (AvgIpc) is 3.06. The third kappa shape index (κ3) is 5.09. The Kier molecular flexibility index (Phi) is 7.13. The van der Waals surface area contributed by atoms with E-state index < -0.39 is 5.91 Å². The van der Waals surface area contributed by atoms with E-state index in [2.05, 4.69) is 4.99 Å². The minimum Gasteiger partial charge on any atom is -0.493 e. The van der Waals surface area contributed by atoms with Crippen molar-refractivity contribution in [2.75, 3.05) is 34.5 Å². The first-order chi connectivity index (χ1) is 14.0. The van der Waals surface area contributed by atoms with Gasteiger partial charge < -0.3 is 23.5 Å². The first-order valence-electron chi connectivity index (χ1n) is 8.76. The van der Waals surface area contributed by atoms with Crippen LogP contribution >= 0.6 is 22.9 Å². The summed E-state index contributed by atoms with van der Waals surface area (Å²) in [5, 5.41) is 0.601. The molecule has 3 aromatic rings. The minimum atomic E-state index is -0.392. The standard InChI is InChI=1S/C20H21ClN2O5S/c1-25-9-8-23-15-10-16(26-2)17(27-3)11-18(15)29-20(23)22-19(24)12-28-14-6-4-13(21)5-7-14/h4-7,10-11H,8-9,12H2,1-3H3. The van der Waals surface area contributed by atoms with Crippen LogP contribution in [0.3, 0.4) is 0 Å². The SMILES string of the molecule is COCCn1c(=NC(=O)COc2ccc(Cl)cc2)sc2cc(OC)c(OC)cc21. The number of ether oxygens (including phenoxy) is 4. The van der Waals surface area contributed by atoms with Crippen LogP contribution < -0.4 is 19.0 Å². The van der Waals surface area contributed by atoms with Crippen molar-refractivity contribution in [3.63, 3.8) is 0 Å². The van der Waals surface area contributed by atoms with Gasteiger partial charge in [-0.15, -0.1) is 0 Å². The van der Waals surface area contributed by atoms with Crippen LogP contribution in [0.4, 0.5) is 0 Å². The molecule has 0 bridgehead atoms. The first-order valence-corrected chi connectivity index (χ1v) is 9.95. The van der Waals surface area contributed by atoms with Gasteiger partial charge in [0.15, 0.2) is 22.9 Å². The zero-order valence-electron chi connectivity index (χ0n) is 16.3. The normalized spacial score (nSPS) is 11.7. The number of halogens is 1. The van der Waals surface area contributed by atoms with Crippen molar-refractivity contribution in [1.82, 2.24) is 4.57 Å². The molecule has 9 heteroatoms. The van der Waals surface area contributed by atoms with Crippen LogP contribution in [0.2, 0.25) is 5.02 Å². The molecule has 154 valence electrons. The summed E-state index contributed by atoms with van der Waals surface area (Å²) >= 11 is 7.24. The molecule has 0 aliphatic heterocycles. The number of hydrogen-bond donors (Lipinski definition) is 0. The number of fused-ring (bicyclic) bond motifs is 1. The predicted octanol–water partition coefficient (Wildman–Crippen LogP) is 3.53. The van der Waals surface area contributed by atoms with Gasteiger partial charge in [-0.05, 0) is 24.3 Å². The first kappa shape index (κ1) is 21.2. The number of carbonyl (C=O) groups excluding carboxylic acids is 1. The zero-order chi connectivity index (χ0) is 20.8. The molecule has 0 N–H and O–H groups in total. The smallest absolute Gasteiger partial charge is 0.286 e. The van der Waals surface area contributed by atoms with E-state index in [0.717, 1.165) is 10.2 Å². The Balaban J connectivity index is 1.92. The molecule has 1 aromatic heterocycles. The largest absolute Gasteiger partial charge is 0.493 e. The van der Waals surface area contributed by atoms with E-state index in [1.807, 2.05) is 16.7 Å². The fraction of sp³-hybridized carbons (Fsp3) is 0.300. The van der Waals surface area contributed by atoms with Gasteiger partial charge in [-0.1, -0.05) is 22.9 Å². The average molecular weight is 437 g/mol. The summed E-state index contributed by atoms with van der Waals surface area (Å²) in [6.45, 7) is 0.839. The molecule has 0 unspecified atom stereocenters. The third-order valence-electron chi connectivity index (χ3n) is 4.10. The van der Waals surface area contributed by atoms with Gasteiger partial charge in [-0.3, -0.25) is 4.79 Å². The molecule has 0 spiro atoms. The number of methoxy groups -OCH3 is 3. The lowest BCUT2D eigenvalue weighted by atomic mass is 10.3. The summed E-state index contributed by atoms with van der Waals surface area (Å²) < 4.78 is 24.3. The number of aromatic nitrogens is 1. The van der Waals surface area contributed by atoms with Crippen LogP contribution in [0, 0.1) is 0 Å². The Morgan fingerprint density at radius 3 is 2.45 bits per heavy atom. The van der Waals surface area contributed by atoms with Crippen LogP contribution in [-0.4, -0.2) is 45.0 Å². The summed E-state index contributed by atoms with van der Waals surface area (Å²) in [5.41, 5.74) is 0.884. The monoisotopic (exact) mass is 436 g/mol. The molecule has 0 fully saturated rings. The van der Waals surface area contributed by atoms with E-state index in [4.69, 9.17) is 30.5 Å². The van der Waals surface area contributed by atoms with Gasteiger partial charge in [0.25, 0.3) is 5.91 Å². The van der Waals surface area contributed by atoms with Crippen LogP contribution in [0.5, 0.6) is 17.2 Å². The van der Waals surface area contributed by atoms with E-state index in [1.165, 1.54) is 11.3 Å². The number of amides is 1. The fourth-order valence-corrected chi connectivity index (χ4v) is 3.91. The lowest BCUT2D eigenvalue weighted by molar-refractivity contribution is -0.120. The molecule has 7 nitrogen and oxygen atoms in total. The molecule has 0 aliphatic rings. The zero-order valence-corrected chi connectivity index (χ0v) is 17.9. The molecule has 0 atom stereocenters. The van der Waals surface area contributed by atoms with E-state index in [9.17, 15) is 4.79 Å². The van der Waals surface area contributed by atoms with Gasteiger partial charge in [0.2, 0.25) is 0 Å². The van der Waals surface area contributed by atoms with Gasteiger partial charge >= 0.3 is 0 Å². The maximum Gasteiger partial charge on any atom is 0.286 e. The highest BCUT2D eigenvalue weighted by Gasteiger charge is 2.13. The van der Waals surface area contributed by atoms with Crippen molar-refractivity contribution in [2.45, 2.75) is 6.54 Å². The third-order valence-corrected chi connectivity index (χ3v) is 5.40.